The molecule has 2 atom stereocenters. The second kappa shape index (κ2) is 4.49. The summed E-state index contributed by atoms with van der Waals surface area (Å²) in [6.07, 6.45) is 4.47. The van der Waals surface area contributed by atoms with E-state index >= 15 is 0 Å². The van der Waals surface area contributed by atoms with Crippen molar-refractivity contribution in [2.75, 3.05) is 7.11 Å². The molecule has 0 saturated heterocycles. The van der Waals surface area contributed by atoms with Crippen LogP contribution in [0.3, 0.4) is 0 Å². The number of ether oxygens (including phenoxy) is 1. The molecule has 0 radical (unpaired) electrons. The number of allylic oxidation sites excluding steroid dienone is 1. The van der Waals surface area contributed by atoms with Crippen molar-refractivity contribution in [2.45, 2.75) is 12.5 Å². The van der Waals surface area contributed by atoms with Crippen molar-refractivity contribution in [2.24, 2.45) is 11.7 Å². The zero-order chi connectivity index (χ0) is 11.5. The topological polar surface area (TPSA) is 52.3 Å². The van der Waals surface area contributed by atoms with Crippen LogP contribution in [-0.4, -0.2) is 18.9 Å². The normalized spacial score (nSPS) is 23.4. The summed E-state index contributed by atoms with van der Waals surface area (Å²) in [6.45, 7) is 0. The summed E-state index contributed by atoms with van der Waals surface area (Å²) < 4.78 is 5.18. The molecule has 84 valence electrons. The number of nitrogens with two attached hydrogens (primary N) is 1. The van der Waals surface area contributed by atoms with Crippen LogP contribution in [0.1, 0.15) is 16.8 Å². The van der Waals surface area contributed by atoms with E-state index in [0.717, 1.165) is 0 Å². The quantitative estimate of drug-likeness (QED) is 0.620. The maximum Gasteiger partial charge on any atom is 0.173 e. The average Bonchev–Trinajstić information content (AvgIpc) is 2.75. The summed E-state index contributed by atoms with van der Waals surface area (Å²) in [5, 5.41) is 0. The third-order valence-electron chi connectivity index (χ3n) is 2.83. The Hall–Kier alpha value is -1.61. The number of carbonyl (C=O) groups is 1. The van der Waals surface area contributed by atoms with Crippen LogP contribution in [-0.2, 0) is 0 Å². The molecular formula is C13H15NO2. The summed E-state index contributed by atoms with van der Waals surface area (Å²) in [5.74, 6) is 0.606. The highest BCUT2D eigenvalue weighted by Gasteiger charge is 2.25. The van der Waals surface area contributed by atoms with Gasteiger partial charge >= 0.3 is 0 Å². The lowest BCUT2D eigenvalue weighted by atomic mass is 9.96. The molecule has 0 bridgehead atoms. The fourth-order valence-electron chi connectivity index (χ4n) is 1.97. The van der Waals surface area contributed by atoms with Crippen LogP contribution in [0.4, 0.5) is 0 Å². The third-order valence-corrected chi connectivity index (χ3v) is 2.83. The number of hydrogen-bond acceptors (Lipinski definition) is 3. The molecule has 2 rings (SSSR count). The second-order valence-electron chi connectivity index (χ2n) is 3.96. The van der Waals surface area contributed by atoms with Gasteiger partial charge in [0.25, 0.3) is 0 Å². The molecule has 0 amide bonds. The van der Waals surface area contributed by atoms with Gasteiger partial charge < -0.3 is 10.5 Å². The van der Waals surface area contributed by atoms with Crippen LogP contribution in [0.5, 0.6) is 5.75 Å². The van der Waals surface area contributed by atoms with Crippen molar-refractivity contribution in [1.29, 1.82) is 0 Å². The highest BCUT2D eigenvalue weighted by molar-refractivity contribution is 6.01. The molecule has 1 aliphatic carbocycles. The third kappa shape index (κ3) is 1.99. The van der Waals surface area contributed by atoms with Crippen LogP contribution in [0.2, 0.25) is 0 Å². The lowest BCUT2D eigenvalue weighted by Crippen LogP contribution is -2.19. The van der Waals surface area contributed by atoms with E-state index < -0.39 is 0 Å². The first-order valence-corrected chi connectivity index (χ1v) is 5.33. The molecule has 1 aromatic carbocycles. The summed E-state index contributed by atoms with van der Waals surface area (Å²) in [5.41, 5.74) is 6.37. The van der Waals surface area contributed by atoms with Crippen molar-refractivity contribution in [3.63, 3.8) is 0 Å². The molecule has 0 heterocycles. The fourth-order valence-corrected chi connectivity index (χ4v) is 1.97. The Bertz CT molecular complexity index is 426. The number of methoxy groups -OCH3 is 1. The largest absolute Gasteiger partial charge is 0.496 e. The molecule has 1 aromatic rings. The highest BCUT2D eigenvalue weighted by atomic mass is 16.5. The summed E-state index contributed by atoms with van der Waals surface area (Å²) in [7, 11) is 1.57. The van der Waals surface area contributed by atoms with Crippen LogP contribution in [0.25, 0.3) is 0 Å². The Kier molecular flexibility index (Phi) is 3.06. The van der Waals surface area contributed by atoms with Gasteiger partial charge in [-0.15, -0.1) is 0 Å². The Morgan fingerprint density at radius 3 is 2.75 bits per heavy atom. The molecular weight excluding hydrogens is 202 g/mol. The minimum Gasteiger partial charge on any atom is -0.496 e. The monoisotopic (exact) mass is 217 g/mol. The van der Waals surface area contributed by atoms with Gasteiger partial charge in [-0.1, -0.05) is 24.3 Å². The Labute approximate surface area is 94.9 Å². The standard InChI is InChI=1S/C13H15NO2/c1-16-12-5-3-2-4-11(12)13(15)9-6-7-10(14)8-9/h2-7,9-10H,8,14H2,1H3. The number of para-hydroxylation sites is 1. The predicted octanol–water partition coefficient (Wildman–Crippen LogP) is 1.78. The molecule has 16 heavy (non-hydrogen) atoms. The Morgan fingerprint density at radius 2 is 2.12 bits per heavy atom. The van der Waals surface area contributed by atoms with E-state index in [1.807, 2.05) is 24.3 Å². The predicted molar refractivity (Wildman–Crippen MR) is 62.5 cm³/mol. The first-order valence-electron chi connectivity index (χ1n) is 5.33. The number of hydrogen-bond donors (Lipinski definition) is 1. The molecule has 0 saturated carbocycles. The highest BCUT2D eigenvalue weighted by Crippen LogP contribution is 2.26. The molecule has 3 nitrogen and oxygen atoms in total. The molecule has 0 aromatic heterocycles. The van der Waals surface area contributed by atoms with Crippen molar-refractivity contribution < 1.29 is 9.53 Å². The molecule has 0 aliphatic heterocycles. The zero-order valence-electron chi connectivity index (χ0n) is 9.22. The smallest absolute Gasteiger partial charge is 0.173 e. The van der Waals surface area contributed by atoms with E-state index in [2.05, 4.69) is 0 Å². The molecule has 0 spiro atoms. The maximum absolute atomic E-state index is 12.2. The number of Topliss-reactive ketones (excluding diaryl/α,β-unsaturated/α-hetero) is 1. The van der Waals surface area contributed by atoms with Crippen LogP contribution < -0.4 is 10.5 Å². The van der Waals surface area contributed by atoms with E-state index in [4.69, 9.17) is 10.5 Å². The van der Waals surface area contributed by atoms with E-state index in [1.54, 1.807) is 19.2 Å². The van der Waals surface area contributed by atoms with E-state index in [-0.39, 0.29) is 17.7 Å². The number of ketones is 1. The molecule has 2 N–H and O–H groups in total. The van der Waals surface area contributed by atoms with Crippen LogP contribution in [0.15, 0.2) is 36.4 Å². The minimum atomic E-state index is -0.105. The van der Waals surface area contributed by atoms with Gasteiger partial charge in [-0.25, -0.2) is 0 Å². The van der Waals surface area contributed by atoms with Gasteiger partial charge in [0.1, 0.15) is 5.75 Å². The van der Waals surface area contributed by atoms with E-state index in [9.17, 15) is 4.79 Å². The Balaban J connectivity index is 2.24. The summed E-state index contributed by atoms with van der Waals surface area (Å²) in [6, 6.07) is 7.29. The lowest BCUT2D eigenvalue weighted by Gasteiger charge is -2.11. The van der Waals surface area contributed by atoms with Gasteiger partial charge in [-0.05, 0) is 18.6 Å². The van der Waals surface area contributed by atoms with Crippen LogP contribution >= 0.6 is 0 Å². The van der Waals surface area contributed by atoms with E-state index in [1.165, 1.54) is 0 Å². The number of carbonyl (C=O) groups excluding carboxylic acids is 1. The SMILES string of the molecule is COc1ccccc1C(=O)C1C=CC(N)C1. The molecule has 3 heteroatoms. The zero-order valence-corrected chi connectivity index (χ0v) is 9.22. The molecule has 1 aliphatic rings. The van der Waals surface area contributed by atoms with Crippen molar-refractivity contribution in [1.82, 2.24) is 0 Å². The van der Waals surface area contributed by atoms with Gasteiger partial charge in [-0.2, -0.15) is 0 Å². The average molecular weight is 217 g/mol. The van der Waals surface area contributed by atoms with Gasteiger partial charge in [-0.3, -0.25) is 4.79 Å². The van der Waals surface area contributed by atoms with Gasteiger partial charge in [0.15, 0.2) is 5.78 Å². The van der Waals surface area contributed by atoms with Gasteiger partial charge in [0.2, 0.25) is 0 Å². The fraction of sp³-hybridized carbons (Fsp3) is 0.308. The Morgan fingerprint density at radius 1 is 1.38 bits per heavy atom. The van der Waals surface area contributed by atoms with Gasteiger partial charge in [0, 0.05) is 12.0 Å². The van der Waals surface area contributed by atoms with Crippen molar-refractivity contribution >= 4 is 5.78 Å². The molecule has 0 fully saturated rings. The summed E-state index contributed by atoms with van der Waals surface area (Å²) in [4.78, 5) is 12.2. The first kappa shape index (κ1) is 10.9. The molecule has 2 unspecified atom stereocenters. The number of rotatable bonds is 3. The minimum absolute atomic E-state index is 0.00339. The van der Waals surface area contributed by atoms with E-state index in [0.29, 0.717) is 17.7 Å². The van der Waals surface area contributed by atoms with Crippen molar-refractivity contribution in [3.05, 3.63) is 42.0 Å². The first-order chi connectivity index (χ1) is 7.72. The van der Waals surface area contributed by atoms with Gasteiger partial charge in [0.05, 0.1) is 12.7 Å². The van der Waals surface area contributed by atoms with Crippen molar-refractivity contribution in [3.8, 4) is 5.75 Å². The lowest BCUT2D eigenvalue weighted by molar-refractivity contribution is 0.0940. The maximum atomic E-state index is 12.2. The second-order valence-corrected chi connectivity index (χ2v) is 3.96. The summed E-state index contributed by atoms with van der Waals surface area (Å²) >= 11 is 0. The van der Waals surface area contributed by atoms with Crippen LogP contribution in [0, 0.1) is 5.92 Å². The number of benzene rings is 1.